The van der Waals surface area contributed by atoms with Crippen LogP contribution in [0.4, 0.5) is 4.79 Å². The largest absolute Gasteiger partial charge is 0.449 e. The average molecular weight is 298 g/mol. The predicted octanol–water partition coefficient (Wildman–Crippen LogP) is 3.04. The van der Waals surface area contributed by atoms with E-state index in [0.29, 0.717) is 39.2 Å². The van der Waals surface area contributed by atoms with E-state index in [1.807, 2.05) is 4.90 Å². The van der Waals surface area contributed by atoms with Gasteiger partial charge in [-0.2, -0.15) is 0 Å². The van der Waals surface area contributed by atoms with Crippen LogP contribution >= 0.6 is 0 Å². The highest BCUT2D eigenvalue weighted by Gasteiger charge is 2.24. The van der Waals surface area contributed by atoms with Gasteiger partial charge in [0.2, 0.25) is 5.91 Å². The average Bonchev–Trinajstić information content (AvgIpc) is 2.51. The molecular weight excluding hydrogens is 268 g/mol. The van der Waals surface area contributed by atoms with E-state index < -0.39 is 0 Å². The van der Waals surface area contributed by atoms with Crippen LogP contribution in [0.25, 0.3) is 0 Å². The van der Waals surface area contributed by atoms with Gasteiger partial charge >= 0.3 is 6.09 Å². The minimum absolute atomic E-state index is 0.222. The predicted molar refractivity (Wildman–Crippen MR) is 83.2 cm³/mol. The first-order valence-electron chi connectivity index (χ1n) is 8.38. The lowest BCUT2D eigenvalue weighted by molar-refractivity contribution is -0.132. The van der Waals surface area contributed by atoms with Gasteiger partial charge in [-0.25, -0.2) is 4.79 Å². The van der Waals surface area contributed by atoms with E-state index in [0.717, 1.165) is 38.5 Å². The van der Waals surface area contributed by atoms with Crippen LogP contribution in [0.2, 0.25) is 0 Å². The van der Waals surface area contributed by atoms with Crippen LogP contribution < -0.4 is 0 Å². The van der Waals surface area contributed by atoms with Crippen molar-refractivity contribution in [1.29, 1.82) is 0 Å². The number of amides is 2. The van der Waals surface area contributed by atoms with Crippen LogP contribution in [0.1, 0.15) is 58.8 Å². The number of carbonyl (C=O) groups is 2. The fourth-order valence-electron chi connectivity index (χ4n) is 2.43. The summed E-state index contributed by atoms with van der Waals surface area (Å²) in [5.41, 5.74) is 0. The van der Waals surface area contributed by atoms with Crippen molar-refractivity contribution in [3.8, 4) is 0 Å². The third-order valence-electron chi connectivity index (χ3n) is 3.86. The van der Waals surface area contributed by atoms with Gasteiger partial charge in [-0.3, -0.25) is 4.79 Å². The molecule has 1 saturated heterocycles. The zero-order valence-corrected chi connectivity index (χ0v) is 13.6. The summed E-state index contributed by atoms with van der Waals surface area (Å²) in [5, 5.41) is 0. The van der Waals surface area contributed by atoms with Crippen LogP contribution in [0.3, 0.4) is 0 Å². The molecule has 0 spiro atoms. The van der Waals surface area contributed by atoms with Crippen molar-refractivity contribution >= 4 is 12.0 Å². The molecule has 0 aromatic rings. The van der Waals surface area contributed by atoms with Crippen LogP contribution in [0, 0.1) is 0 Å². The van der Waals surface area contributed by atoms with Crippen LogP contribution in [-0.4, -0.2) is 54.6 Å². The summed E-state index contributed by atoms with van der Waals surface area (Å²) in [7, 11) is 0. The first-order chi connectivity index (χ1) is 10.2. The summed E-state index contributed by atoms with van der Waals surface area (Å²) in [5.74, 6) is 0.222. The van der Waals surface area contributed by atoms with Gasteiger partial charge in [-0.05, 0) is 12.8 Å². The summed E-state index contributed by atoms with van der Waals surface area (Å²) >= 11 is 0. The molecule has 122 valence electrons. The van der Waals surface area contributed by atoms with Gasteiger partial charge < -0.3 is 14.5 Å². The van der Waals surface area contributed by atoms with Crippen molar-refractivity contribution in [3.63, 3.8) is 0 Å². The molecule has 2 amide bonds. The topological polar surface area (TPSA) is 49.9 Å². The van der Waals surface area contributed by atoms with E-state index in [1.165, 1.54) is 0 Å². The molecule has 21 heavy (non-hydrogen) atoms. The minimum atomic E-state index is -0.232. The molecule has 0 atom stereocenters. The molecular formula is C16H30N2O3. The molecule has 0 saturated carbocycles. The van der Waals surface area contributed by atoms with E-state index in [2.05, 4.69) is 13.8 Å². The van der Waals surface area contributed by atoms with Crippen LogP contribution in [-0.2, 0) is 9.53 Å². The van der Waals surface area contributed by atoms with Crippen molar-refractivity contribution in [2.45, 2.75) is 58.8 Å². The highest BCUT2D eigenvalue weighted by Crippen LogP contribution is 2.08. The van der Waals surface area contributed by atoms with Crippen LogP contribution in [0.15, 0.2) is 0 Å². The van der Waals surface area contributed by atoms with Crippen molar-refractivity contribution < 1.29 is 14.3 Å². The molecule has 1 fully saturated rings. The lowest BCUT2D eigenvalue weighted by Gasteiger charge is -2.34. The molecule has 0 aromatic carbocycles. The summed E-state index contributed by atoms with van der Waals surface area (Å²) in [6.07, 6.45) is 6.75. The smallest absolute Gasteiger partial charge is 0.409 e. The zero-order chi connectivity index (χ0) is 15.5. The Hall–Kier alpha value is -1.26. The second-order valence-corrected chi connectivity index (χ2v) is 5.65. The third-order valence-corrected chi connectivity index (χ3v) is 3.86. The number of nitrogens with zero attached hydrogens (tertiary/aromatic N) is 2. The fraction of sp³-hybridized carbons (Fsp3) is 0.875. The monoisotopic (exact) mass is 298 g/mol. The first-order valence-corrected chi connectivity index (χ1v) is 8.38. The maximum absolute atomic E-state index is 12.0. The van der Waals surface area contributed by atoms with Crippen molar-refractivity contribution in [2.24, 2.45) is 0 Å². The summed E-state index contributed by atoms with van der Waals surface area (Å²) in [6, 6.07) is 0. The second-order valence-electron chi connectivity index (χ2n) is 5.65. The normalized spacial score (nSPS) is 15.1. The van der Waals surface area contributed by atoms with Gasteiger partial charge in [0.05, 0.1) is 6.61 Å². The Balaban J connectivity index is 2.18. The lowest BCUT2D eigenvalue weighted by atomic mass is 10.2. The van der Waals surface area contributed by atoms with E-state index in [-0.39, 0.29) is 12.0 Å². The maximum atomic E-state index is 12.0. The van der Waals surface area contributed by atoms with Crippen molar-refractivity contribution in [2.75, 3.05) is 32.8 Å². The molecule has 5 nitrogen and oxygen atoms in total. The molecule has 0 aromatic heterocycles. The molecule has 0 bridgehead atoms. The summed E-state index contributed by atoms with van der Waals surface area (Å²) < 4.78 is 5.24. The number of carbonyl (C=O) groups excluding carboxylic acids is 2. The third kappa shape index (κ3) is 6.82. The molecule has 1 aliphatic heterocycles. The number of rotatable bonds is 8. The Morgan fingerprint density at radius 2 is 1.43 bits per heavy atom. The molecule has 1 heterocycles. The van der Waals surface area contributed by atoms with Gasteiger partial charge in [0.25, 0.3) is 0 Å². The molecule has 0 N–H and O–H groups in total. The highest BCUT2D eigenvalue weighted by molar-refractivity contribution is 5.76. The number of hydrogen-bond acceptors (Lipinski definition) is 3. The van der Waals surface area contributed by atoms with Gasteiger partial charge in [0, 0.05) is 32.6 Å². The van der Waals surface area contributed by atoms with Gasteiger partial charge in [-0.15, -0.1) is 0 Å². The van der Waals surface area contributed by atoms with E-state index >= 15 is 0 Å². The Morgan fingerprint density at radius 3 is 2.05 bits per heavy atom. The van der Waals surface area contributed by atoms with Crippen LogP contribution in [0.5, 0.6) is 0 Å². The molecule has 1 aliphatic rings. The van der Waals surface area contributed by atoms with Gasteiger partial charge in [0.1, 0.15) is 0 Å². The Kier molecular flexibility index (Phi) is 8.87. The molecule has 0 aliphatic carbocycles. The lowest BCUT2D eigenvalue weighted by Crippen LogP contribution is -2.50. The summed E-state index contributed by atoms with van der Waals surface area (Å²) in [6.45, 7) is 7.21. The molecule has 1 rings (SSSR count). The standard InChI is InChI=1S/C16H30N2O3/c1-3-5-7-9-15(19)17-10-12-18(13-11-17)16(20)21-14-8-6-4-2/h3-14H2,1-2H3. The van der Waals surface area contributed by atoms with Crippen molar-refractivity contribution in [3.05, 3.63) is 0 Å². The number of ether oxygens (including phenoxy) is 1. The molecule has 5 heteroatoms. The molecule has 0 radical (unpaired) electrons. The minimum Gasteiger partial charge on any atom is -0.449 e. The summed E-state index contributed by atoms with van der Waals surface area (Å²) in [4.78, 5) is 27.4. The zero-order valence-electron chi connectivity index (χ0n) is 13.6. The Morgan fingerprint density at radius 1 is 0.857 bits per heavy atom. The van der Waals surface area contributed by atoms with E-state index in [1.54, 1.807) is 4.90 Å². The Bertz CT molecular complexity index is 313. The first kappa shape index (κ1) is 17.8. The number of hydrogen-bond donors (Lipinski definition) is 0. The number of unbranched alkanes of at least 4 members (excludes halogenated alkanes) is 4. The van der Waals surface area contributed by atoms with Gasteiger partial charge in [-0.1, -0.05) is 39.5 Å². The van der Waals surface area contributed by atoms with E-state index in [9.17, 15) is 9.59 Å². The van der Waals surface area contributed by atoms with E-state index in [4.69, 9.17) is 4.74 Å². The maximum Gasteiger partial charge on any atom is 0.409 e. The molecule has 0 unspecified atom stereocenters. The highest BCUT2D eigenvalue weighted by atomic mass is 16.6. The Labute approximate surface area is 128 Å². The quantitative estimate of drug-likeness (QED) is 0.647. The SMILES string of the molecule is CCCCCOC(=O)N1CCN(C(=O)CCCCC)CC1. The second kappa shape index (κ2) is 10.5. The van der Waals surface area contributed by atoms with Gasteiger partial charge in [0.15, 0.2) is 0 Å². The number of piperazine rings is 1. The fourth-order valence-corrected chi connectivity index (χ4v) is 2.43. The van der Waals surface area contributed by atoms with Crippen molar-refractivity contribution in [1.82, 2.24) is 9.80 Å².